The van der Waals surface area contributed by atoms with Gasteiger partial charge in [0.15, 0.2) is 10.9 Å². The highest BCUT2D eigenvalue weighted by atomic mass is 32.1. The van der Waals surface area contributed by atoms with Gasteiger partial charge in [-0.15, -0.1) is 0 Å². The van der Waals surface area contributed by atoms with E-state index in [1.54, 1.807) is 6.07 Å². The average Bonchev–Trinajstić information content (AvgIpc) is 3.38. The largest absolute Gasteiger partial charge is 0.451 e. The van der Waals surface area contributed by atoms with Crippen molar-refractivity contribution in [2.24, 2.45) is 4.99 Å². The Hall–Kier alpha value is -3.19. The number of aromatic nitrogens is 1. The van der Waals surface area contributed by atoms with Crippen LogP contribution in [-0.2, 0) is 0 Å². The van der Waals surface area contributed by atoms with E-state index < -0.39 is 0 Å². The van der Waals surface area contributed by atoms with Gasteiger partial charge in [-0.3, -0.25) is 15.1 Å². The fourth-order valence-corrected chi connectivity index (χ4v) is 3.87. The summed E-state index contributed by atoms with van der Waals surface area (Å²) in [6.07, 6.45) is 0. The predicted molar refractivity (Wildman–Crippen MR) is 103 cm³/mol. The third-order valence-electron chi connectivity index (χ3n) is 4.21. The van der Waals surface area contributed by atoms with Crippen LogP contribution in [0.4, 0.5) is 5.13 Å². The van der Waals surface area contributed by atoms with Crippen molar-refractivity contribution in [2.75, 3.05) is 18.4 Å². The van der Waals surface area contributed by atoms with Gasteiger partial charge in [0.25, 0.3) is 5.91 Å². The van der Waals surface area contributed by atoms with E-state index in [9.17, 15) is 4.79 Å². The minimum atomic E-state index is -0.303. The molecule has 0 saturated carbocycles. The van der Waals surface area contributed by atoms with Crippen molar-refractivity contribution in [3.05, 3.63) is 59.9 Å². The molecule has 0 saturated heterocycles. The molecule has 2 aromatic heterocycles. The van der Waals surface area contributed by atoms with Gasteiger partial charge in [-0.2, -0.15) is 0 Å². The molecule has 128 valence electrons. The van der Waals surface area contributed by atoms with Crippen LogP contribution in [0, 0.1) is 0 Å². The Balaban J connectivity index is 1.42. The maximum atomic E-state index is 12.5. The number of carbonyl (C=O) groups is 1. The number of hydrogen-bond acceptors (Lipinski definition) is 6. The van der Waals surface area contributed by atoms with Crippen molar-refractivity contribution in [2.45, 2.75) is 0 Å². The van der Waals surface area contributed by atoms with Crippen LogP contribution in [0.1, 0.15) is 16.1 Å². The minimum absolute atomic E-state index is 0.274. The van der Waals surface area contributed by atoms with Crippen LogP contribution in [0.5, 0.6) is 0 Å². The number of anilines is 1. The highest BCUT2D eigenvalue weighted by molar-refractivity contribution is 7.22. The zero-order chi connectivity index (χ0) is 17.5. The average molecular weight is 362 g/mol. The number of thiazole rings is 1. The number of amides is 1. The molecule has 0 bridgehead atoms. The lowest BCUT2D eigenvalue weighted by Crippen LogP contribution is -2.19. The highest BCUT2D eigenvalue weighted by Crippen LogP contribution is 2.28. The fourth-order valence-electron chi connectivity index (χ4n) is 2.97. The Kier molecular flexibility index (Phi) is 3.46. The van der Waals surface area contributed by atoms with Crippen molar-refractivity contribution in [3.8, 4) is 0 Å². The van der Waals surface area contributed by atoms with Crippen molar-refractivity contribution in [3.63, 3.8) is 0 Å². The summed E-state index contributed by atoms with van der Waals surface area (Å²) >= 11 is 1.43. The number of nitrogens with zero attached hydrogens (tertiary/aromatic N) is 2. The Morgan fingerprint density at radius 2 is 2.12 bits per heavy atom. The molecule has 1 amide bonds. The van der Waals surface area contributed by atoms with E-state index in [1.165, 1.54) is 11.3 Å². The van der Waals surface area contributed by atoms with Crippen molar-refractivity contribution >= 4 is 49.4 Å². The van der Waals surface area contributed by atoms with Crippen LogP contribution in [0.15, 0.2) is 57.9 Å². The smallest absolute Gasteiger partial charge is 0.293 e. The molecule has 0 fully saturated rings. The van der Waals surface area contributed by atoms with Gasteiger partial charge in [0, 0.05) is 17.5 Å². The molecule has 7 heteroatoms. The third-order valence-corrected chi connectivity index (χ3v) is 5.14. The van der Waals surface area contributed by atoms with Crippen molar-refractivity contribution in [1.82, 2.24) is 10.3 Å². The summed E-state index contributed by atoms with van der Waals surface area (Å²) in [5, 5.41) is 7.53. The molecule has 0 atom stereocenters. The monoisotopic (exact) mass is 362 g/mol. The molecule has 26 heavy (non-hydrogen) atoms. The van der Waals surface area contributed by atoms with E-state index >= 15 is 0 Å². The van der Waals surface area contributed by atoms with E-state index in [2.05, 4.69) is 20.6 Å². The van der Waals surface area contributed by atoms with Crippen molar-refractivity contribution < 1.29 is 9.21 Å². The summed E-state index contributed by atoms with van der Waals surface area (Å²) in [7, 11) is 0. The lowest BCUT2D eigenvalue weighted by molar-refractivity contribution is 0.0998. The first-order valence-corrected chi connectivity index (χ1v) is 9.07. The van der Waals surface area contributed by atoms with Crippen LogP contribution >= 0.6 is 11.3 Å². The van der Waals surface area contributed by atoms with Gasteiger partial charge < -0.3 is 9.73 Å². The summed E-state index contributed by atoms with van der Waals surface area (Å²) in [5.41, 5.74) is 2.57. The number of carbonyl (C=O) groups excluding carboxylic acids is 1. The van der Waals surface area contributed by atoms with Gasteiger partial charge in [0.05, 0.1) is 16.8 Å². The van der Waals surface area contributed by atoms with Crippen LogP contribution in [-0.4, -0.2) is 29.8 Å². The Morgan fingerprint density at radius 3 is 2.96 bits per heavy atom. The predicted octanol–water partition coefficient (Wildman–Crippen LogP) is 3.64. The molecule has 5 rings (SSSR count). The molecular formula is C19H14N4O2S. The molecule has 0 unspecified atom stereocenters. The van der Waals surface area contributed by atoms with E-state index in [4.69, 9.17) is 4.42 Å². The summed E-state index contributed by atoms with van der Waals surface area (Å²) in [5.74, 6) is 0.881. The normalized spacial score (nSPS) is 13.8. The number of aliphatic imine (C=N–C) groups is 1. The van der Waals surface area contributed by atoms with Gasteiger partial charge in [-0.1, -0.05) is 29.5 Å². The molecule has 2 N–H and O–H groups in total. The highest BCUT2D eigenvalue weighted by Gasteiger charge is 2.15. The SMILES string of the molecule is O=C(Nc1nc2ccc(C3=NCCN3)cc2s1)c1cc2ccccc2o1. The summed E-state index contributed by atoms with van der Waals surface area (Å²) in [4.78, 5) is 21.4. The quantitative estimate of drug-likeness (QED) is 0.583. The van der Waals surface area contributed by atoms with Gasteiger partial charge in [0.1, 0.15) is 11.4 Å². The van der Waals surface area contributed by atoms with Crippen LogP contribution in [0.3, 0.4) is 0 Å². The minimum Gasteiger partial charge on any atom is -0.451 e. The molecule has 3 heterocycles. The van der Waals surface area contributed by atoms with E-state index in [1.807, 2.05) is 42.5 Å². The molecular weight excluding hydrogens is 348 g/mol. The molecule has 0 aliphatic carbocycles. The first-order valence-electron chi connectivity index (χ1n) is 8.25. The summed E-state index contributed by atoms with van der Waals surface area (Å²) in [6, 6.07) is 15.3. The second-order valence-electron chi connectivity index (χ2n) is 5.96. The van der Waals surface area contributed by atoms with Crippen LogP contribution in [0.25, 0.3) is 21.2 Å². The van der Waals surface area contributed by atoms with Crippen molar-refractivity contribution in [1.29, 1.82) is 0 Å². The maximum Gasteiger partial charge on any atom is 0.293 e. The maximum absolute atomic E-state index is 12.5. The van der Waals surface area contributed by atoms with Crippen LogP contribution in [0.2, 0.25) is 0 Å². The second kappa shape index (κ2) is 5.96. The molecule has 0 spiro atoms. The lowest BCUT2D eigenvalue weighted by Gasteiger charge is -2.01. The number of nitrogens with one attached hydrogen (secondary N) is 2. The first-order chi connectivity index (χ1) is 12.8. The number of furan rings is 1. The summed E-state index contributed by atoms with van der Waals surface area (Å²) < 4.78 is 6.60. The molecule has 1 aliphatic heterocycles. The topological polar surface area (TPSA) is 79.5 Å². The summed E-state index contributed by atoms with van der Waals surface area (Å²) in [6.45, 7) is 1.67. The second-order valence-corrected chi connectivity index (χ2v) is 6.99. The van der Waals surface area contributed by atoms with Gasteiger partial charge in [0.2, 0.25) is 0 Å². The lowest BCUT2D eigenvalue weighted by atomic mass is 10.2. The number of benzene rings is 2. The molecule has 2 aromatic carbocycles. The molecule has 6 nitrogen and oxygen atoms in total. The standard InChI is InChI=1S/C19H14N4O2S/c24-18(15-9-11-3-1-2-4-14(11)25-15)23-19-22-13-6-5-12(10-16(13)26-19)17-20-7-8-21-17/h1-6,9-10H,7-8H2,(H,20,21)(H,22,23,24). The van der Waals surface area contributed by atoms with Gasteiger partial charge >= 0.3 is 0 Å². The van der Waals surface area contributed by atoms with E-state index in [0.717, 1.165) is 40.1 Å². The number of hydrogen-bond donors (Lipinski definition) is 2. The third kappa shape index (κ3) is 2.62. The van der Waals surface area contributed by atoms with E-state index in [-0.39, 0.29) is 11.7 Å². The number of fused-ring (bicyclic) bond motifs is 2. The molecule has 0 radical (unpaired) electrons. The Labute approximate surface area is 152 Å². The van der Waals surface area contributed by atoms with Gasteiger partial charge in [-0.05, 0) is 30.3 Å². The zero-order valence-electron chi connectivity index (χ0n) is 13.7. The molecule has 4 aromatic rings. The van der Waals surface area contributed by atoms with Crippen LogP contribution < -0.4 is 10.6 Å². The van der Waals surface area contributed by atoms with E-state index in [0.29, 0.717) is 10.7 Å². The van der Waals surface area contributed by atoms with Gasteiger partial charge in [-0.25, -0.2) is 4.98 Å². The fraction of sp³-hybridized carbons (Fsp3) is 0.105. The Bertz CT molecular complexity index is 1140. The number of rotatable bonds is 3. The first kappa shape index (κ1) is 15.1. The molecule has 1 aliphatic rings. The Morgan fingerprint density at radius 1 is 1.19 bits per heavy atom. The number of para-hydroxylation sites is 1. The number of amidine groups is 1. The zero-order valence-corrected chi connectivity index (χ0v) is 14.5.